The Morgan fingerprint density at radius 2 is 2.17 bits per heavy atom. The Morgan fingerprint density at radius 1 is 1.44 bits per heavy atom. The first-order chi connectivity index (χ1) is 8.71. The quantitative estimate of drug-likeness (QED) is 0.833. The van der Waals surface area contributed by atoms with Crippen LogP contribution in [-0.2, 0) is 0 Å². The maximum Gasteiger partial charge on any atom is 0.255 e. The summed E-state index contributed by atoms with van der Waals surface area (Å²) < 4.78 is 5.47. The summed E-state index contributed by atoms with van der Waals surface area (Å²) in [5, 5.41) is 3.05. The molecule has 0 radical (unpaired) electrons. The van der Waals surface area contributed by atoms with Crippen LogP contribution in [0.4, 0.5) is 0 Å². The molecule has 0 saturated heterocycles. The summed E-state index contributed by atoms with van der Waals surface area (Å²) in [4.78, 5) is 12.3. The lowest BCUT2D eigenvalue weighted by atomic mass is 9.76. The third-order valence-electron chi connectivity index (χ3n) is 3.51. The van der Waals surface area contributed by atoms with Crippen molar-refractivity contribution < 1.29 is 9.53 Å². The molecule has 0 aromatic heterocycles. The minimum atomic E-state index is -0.198. The lowest BCUT2D eigenvalue weighted by molar-refractivity contribution is 0.0834. The van der Waals surface area contributed by atoms with E-state index in [0.717, 1.165) is 19.3 Å². The Hall–Kier alpha value is -1.55. The van der Waals surface area contributed by atoms with Crippen LogP contribution in [0.25, 0.3) is 0 Å². The Kier molecular flexibility index (Phi) is 3.87. The van der Waals surface area contributed by atoms with E-state index in [0.29, 0.717) is 24.5 Å². The molecule has 1 saturated carbocycles. The van der Waals surface area contributed by atoms with Gasteiger partial charge in [0.05, 0.1) is 17.7 Å². The van der Waals surface area contributed by atoms with Crippen LogP contribution in [0.5, 0.6) is 5.75 Å². The first-order valence-corrected chi connectivity index (χ1v) is 6.45. The highest BCUT2D eigenvalue weighted by molar-refractivity contribution is 5.97. The van der Waals surface area contributed by atoms with Crippen molar-refractivity contribution in [2.24, 2.45) is 5.73 Å². The molecule has 0 unspecified atom stereocenters. The van der Waals surface area contributed by atoms with Crippen LogP contribution in [0.1, 0.15) is 36.5 Å². The molecule has 0 heterocycles. The van der Waals surface area contributed by atoms with Gasteiger partial charge in [-0.2, -0.15) is 0 Å². The van der Waals surface area contributed by atoms with Crippen LogP contribution in [0.15, 0.2) is 24.3 Å². The largest absolute Gasteiger partial charge is 0.493 e. The summed E-state index contributed by atoms with van der Waals surface area (Å²) in [6, 6.07) is 7.30. The van der Waals surface area contributed by atoms with Crippen LogP contribution in [-0.4, -0.2) is 24.6 Å². The molecule has 1 aliphatic carbocycles. The minimum Gasteiger partial charge on any atom is -0.493 e. The molecular weight excluding hydrogens is 228 g/mol. The fraction of sp³-hybridized carbons (Fsp3) is 0.500. The van der Waals surface area contributed by atoms with Crippen molar-refractivity contribution in [1.29, 1.82) is 0 Å². The van der Waals surface area contributed by atoms with Gasteiger partial charge >= 0.3 is 0 Å². The normalized spacial score (nSPS) is 16.8. The van der Waals surface area contributed by atoms with Crippen molar-refractivity contribution in [3.05, 3.63) is 29.8 Å². The zero-order chi connectivity index (χ0) is 13.0. The van der Waals surface area contributed by atoms with E-state index in [1.807, 2.05) is 25.1 Å². The van der Waals surface area contributed by atoms with Crippen molar-refractivity contribution in [3.8, 4) is 5.75 Å². The number of hydrogen-bond donors (Lipinski definition) is 2. The lowest BCUT2D eigenvalue weighted by Gasteiger charge is -2.41. The summed E-state index contributed by atoms with van der Waals surface area (Å²) in [5.41, 5.74) is 6.13. The number of hydrogen-bond acceptors (Lipinski definition) is 3. The Morgan fingerprint density at radius 3 is 2.72 bits per heavy atom. The van der Waals surface area contributed by atoms with Crippen LogP contribution < -0.4 is 15.8 Å². The summed E-state index contributed by atoms with van der Waals surface area (Å²) >= 11 is 0. The molecule has 18 heavy (non-hydrogen) atoms. The van der Waals surface area contributed by atoms with E-state index in [4.69, 9.17) is 10.5 Å². The maximum absolute atomic E-state index is 12.3. The number of nitrogens with two attached hydrogens (primary N) is 1. The smallest absolute Gasteiger partial charge is 0.255 e. The second-order valence-electron chi connectivity index (χ2n) is 4.72. The fourth-order valence-corrected chi connectivity index (χ4v) is 2.23. The predicted octanol–water partition coefficient (Wildman–Crippen LogP) is 1.70. The lowest BCUT2D eigenvalue weighted by Crippen LogP contribution is -2.58. The molecule has 98 valence electrons. The van der Waals surface area contributed by atoms with Gasteiger partial charge in [0, 0.05) is 6.54 Å². The summed E-state index contributed by atoms with van der Waals surface area (Å²) in [6.45, 7) is 2.95. The van der Waals surface area contributed by atoms with Crippen LogP contribution in [0, 0.1) is 0 Å². The second-order valence-corrected chi connectivity index (χ2v) is 4.72. The first-order valence-electron chi connectivity index (χ1n) is 6.45. The summed E-state index contributed by atoms with van der Waals surface area (Å²) in [7, 11) is 0. The molecule has 1 aliphatic rings. The zero-order valence-corrected chi connectivity index (χ0v) is 10.7. The molecule has 1 fully saturated rings. The van der Waals surface area contributed by atoms with Crippen molar-refractivity contribution in [3.63, 3.8) is 0 Å². The predicted molar refractivity (Wildman–Crippen MR) is 70.7 cm³/mol. The van der Waals surface area contributed by atoms with Crippen LogP contribution >= 0.6 is 0 Å². The highest BCUT2D eigenvalue weighted by Gasteiger charge is 2.37. The van der Waals surface area contributed by atoms with Crippen molar-refractivity contribution in [1.82, 2.24) is 5.32 Å². The standard InChI is InChI=1S/C14H20N2O2/c1-2-18-12-7-4-3-6-11(12)13(17)16-14(10-15)8-5-9-14/h3-4,6-7H,2,5,8-10,15H2,1H3,(H,16,17). The molecule has 2 rings (SSSR count). The topological polar surface area (TPSA) is 64.3 Å². The third-order valence-corrected chi connectivity index (χ3v) is 3.51. The maximum atomic E-state index is 12.3. The highest BCUT2D eigenvalue weighted by Crippen LogP contribution is 2.31. The number of ether oxygens (including phenoxy) is 1. The van der Waals surface area contributed by atoms with E-state index in [9.17, 15) is 4.79 Å². The number of amides is 1. The van der Waals surface area contributed by atoms with Gasteiger partial charge < -0.3 is 15.8 Å². The first kappa shape index (κ1) is 12.9. The average Bonchev–Trinajstić information content (AvgIpc) is 2.35. The number of nitrogens with one attached hydrogen (secondary N) is 1. The van der Waals surface area contributed by atoms with Crippen molar-refractivity contribution >= 4 is 5.91 Å². The molecule has 1 amide bonds. The summed E-state index contributed by atoms with van der Waals surface area (Å²) in [5.74, 6) is 0.535. The van der Waals surface area contributed by atoms with Gasteiger partial charge in [0.2, 0.25) is 0 Å². The average molecular weight is 248 g/mol. The monoisotopic (exact) mass is 248 g/mol. The van der Waals surface area contributed by atoms with E-state index in [1.54, 1.807) is 6.07 Å². The number of benzene rings is 1. The van der Waals surface area contributed by atoms with Crippen LogP contribution in [0.3, 0.4) is 0 Å². The second kappa shape index (κ2) is 5.40. The molecule has 0 spiro atoms. The molecule has 4 heteroatoms. The molecule has 3 N–H and O–H groups in total. The third kappa shape index (κ3) is 2.48. The van der Waals surface area contributed by atoms with Gasteiger partial charge in [-0.15, -0.1) is 0 Å². The number of para-hydroxylation sites is 1. The fourth-order valence-electron chi connectivity index (χ4n) is 2.23. The Balaban J connectivity index is 2.13. The van der Waals surface area contributed by atoms with Gasteiger partial charge in [0.15, 0.2) is 0 Å². The van der Waals surface area contributed by atoms with E-state index >= 15 is 0 Å². The number of carbonyl (C=O) groups is 1. The molecular formula is C14H20N2O2. The Labute approximate surface area is 108 Å². The van der Waals surface area contributed by atoms with E-state index in [-0.39, 0.29) is 11.4 Å². The minimum absolute atomic E-state index is 0.0933. The zero-order valence-electron chi connectivity index (χ0n) is 10.7. The van der Waals surface area contributed by atoms with Crippen LogP contribution in [0.2, 0.25) is 0 Å². The van der Waals surface area contributed by atoms with Gasteiger partial charge in [0.1, 0.15) is 5.75 Å². The van der Waals surface area contributed by atoms with E-state index < -0.39 is 0 Å². The van der Waals surface area contributed by atoms with Crippen molar-refractivity contribution in [2.75, 3.05) is 13.2 Å². The molecule has 0 aliphatic heterocycles. The number of rotatable bonds is 5. The van der Waals surface area contributed by atoms with Gasteiger partial charge in [-0.1, -0.05) is 12.1 Å². The van der Waals surface area contributed by atoms with E-state index in [2.05, 4.69) is 5.32 Å². The number of carbonyl (C=O) groups excluding carboxylic acids is 1. The van der Waals surface area contributed by atoms with Crippen molar-refractivity contribution in [2.45, 2.75) is 31.7 Å². The van der Waals surface area contributed by atoms with Gasteiger partial charge in [0.25, 0.3) is 5.91 Å². The molecule has 4 nitrogen and oxygen atoms in total. The SMILES string of the molecule is CCOc1ccccc1C(=O)NC1(CN)CCC1. The summed E-state index contributed by atoms with van der Waals surface area (Å²) in [6.07, 6.45) is 3.06. The van der Waals surface area contributed by atoms with Gasteiger partial charge in [-0.25, -0.2) is 0 Å². The molecule has 0 bridgehead atoms. The Bertz CT molecular complexity index is 422. The van der Waals surface area contributed by atoms with E-state index in [1.165, 1.54) is 0 Å². The highest BCUT2D eigenvalue weighted by atomic mass is 16.5. The molecule has 0 atom stereocenters. The molecule has 1 aromatic carbocycles. The molecule has 1 aromatic rings. The van der Waals surface area contributed by atoms with Gasteiger partial charge in [-0.3, -0.25) is 4.79 Å². The van der Waals surface area contributed by atoms with Gasteiger partial charge in [-0.05, 0) is 38.3 Å².